The Kier molecular flexibility index (Phi) is 12.1. The third-order valence-corrected chi connectivity index (χ3v) is 5.88. The Balaban J connectivity index is 2.21. The van der Waals surface area contributed by atoms with Crippen LogP contribution in [-0.2, 0) is 36.8 Å². The van der Waals surface area contributed by atoms with E-state index in [4.69, 9.17) is 11.5 Å². The van der Waals surface area contributed by atoms with Gasteiger partial charge < -0.3 is 37.5 Å². The summed E-state index contributed by atoms with van der Waals surface area (Å²) in [6, 6.07) is 4.19. The first kappa shape index (κ1) is 31.0. The predicted molar refractivity (Wildman–Crippen MR) is 142 cm³/mol. The molecule has 1 aromatic carbocycles. The van der Waals surface area contributed by atoms with Crippen molar-refractivity contribution in [2.45, 2.75) is 70.1 Å². The standard InChI is InChI=1S/C26H37N7O6/c1-15(2)10-18(27)23(35)31-19(8-9-22(28)34)24(36)32-20(12-17-13-29-14-30-17)25(37)33-21(26(38)39)11-16-6-4-3-5-7-16/h3-7,13-15,18-21H,8-12,27H2,1-2H3,(H2,28,34)(H,29,30)(H,31,35)(H,32,36)(H,33,37)(H,38,39). The minimum Gasteiger partial charge on any atom is -0.480 e. The molecular formula is C26H37N7O6. The summed E-state index contributed by atoms with van der Waals surface area (Å²) in [6.45, 7) is 3.79. The van der Waals surface area contributed by atoms with Crippen LogP contribution in [0.2, 0.25) is 0 Å². The van der Waals surface area contributed by atoms with E-state index >= 15 is 0 Å². The average Bonchev–Trinajstić information content (AvgIpc) is 3.38. The molecule has 0 aliphatic rings. The van der Waals surface area contributed by atoms with Crippen LogP contribution in [-0.4, -0.2) is 68.8 Å². The van der Waals surface area contributed by atoms with E-state index in [0.29, 0.717) is 17.7 Å². The van der Waals surface area contributed by atoms with Gasteiger partial charge in [-0.15, -0.1) is 0 Å². The zero-order valence-electron chi connectivity index (χ0n) is 22.1. The number of nitrogens with zero attached hydrogens (tertiary/aromatic N) is 1. The first-order chi connectivity index (χ1) is 18.5. The zero-order chi connectivity index (χ0) is 28.9. The van der Waals surface area contributed by atoms with E-state index in [1.165, 1.54) is 12.5 Å². The van der Waals surface area contributed by atoms with Gasteiger partial charge in [0.05, 0.1) is 12.4 Å². The van der Waals surface area contributed by atoms with Crippen molar-refractivity contribution >= 4 is 29.6 Å². The number of primary amides is 1. The van der Waals surface area contributed by atoms with Crippen LogP contribution in [0.5, 0.6) is 0 Å². The van der Waals surface area contributed by atoms with E-state index in [-0.39, 0.29) is 31.6 Å². The highest BCUT2D eigenvalue weighted by Gasteiger charge is 2.31. The number of hydrogen-bond donors (Lipinski definition) is 7. The van der Waals surface area contributed by atoms with Crippen molar-refractivity contribution in [2.24, 2.45) is 17.4 Å². The van der Waals surface area contributed by atoms with Crippen molar-refractivity contribution in [3.05, 3.63) is 54.1 Å². The number of nitrogens with two attached hydrogens (primary N) is 2. The summed E-state index contributed by atoms with van der Waals surface area (Å²) in [5.41, 5.74) is 12.4. The number of imidazole rings is 1. The zero-order valence-corrected chi connectivity index (χ0v) is 22.1. The van der Waals surface area contributed by atoms with Crippen molar-refractivity contribution < 1.29 is 29.1 Å². The summed E-state index contributed by atoms with van der Waals surface area (Å²) < 4.78 is 0. The van der Waals surface area contributed by atoms with Crippen LogP contribution in [0.15, 0.2) is 42.9 Å². The number of aliphatic carboxylic acids is 1. The molecule has 212 valence electrons. The number of carboxylic acids is 1. The lowest BCUT2D eigenvalue weighted by Gasteiger charge is -2.25. The van der Waals surface area contributed by atoms with Gasteiger partial charge in [0, 0.05) is 31.2 Å². The Morgan fingerprint density at radius 3 is 2.10 bits per heavy atom. The van der Waals surface area contributed by atoms with Crippen LogP contribution in [0.1, 0.15) is 44.4 Å². The van der Waals surface area contributed by atoms with Gasteiger partial charge in [-0.3, -0.25) is 19.2 Å². The Morgan fingerprint density at radius 2 is 1.54 bits per heavy atom. The number of aromatic amines is 1. The average molecular weight is 544 g/mol. The molecule has 0 radical (unpaired) electrons. The van der Waals surface area contributed by atoms with Gasteiger partial charge in [-0.2, -0.15) is 0 Å². The summed E-state index contributed by atoms with van der Waals surface area (Å²) in [4.78, 5) is 69.2. The minimum atomic E-state index is -1.26. The maximum Gasteiger partial charge on any atom is 0.326 e. The number of carbonyl (C=O) groups excluding carboxylic acids is 4. The lowest BCUT2D eigenvalue weighted by atomic mass is 10.0. The van der Waals surface area contributed by atoms with Gasteiger partial charge in [0.15, 0.2) is 0 Å². The van der Waals surface area contributed by atoms with E-state index in [1.807, 2.05) is 13.8 Å². The summed E-state index contributed by atoms with van der Waals surface area (Å²) in [7, 11) is 0. The molecule has 4 amide bonds. The highest BCUT2D eigenvalue weighted by molar-refractivity contribution is 5.94. The fraction of sp³-hybridized carbons (Fsp3) is 0.462. The molecule has 1 heterocycles. The number of carbonyl (C=O) groups is 5. The number of H-pyrrole nitrogens is 1. The number of benzene rings is 1. The summed E-state index contributed by atoms with van der Waals surface area (Å²) in [5, 5.41) is 17.3. The largest absolute Gasteiger partial charge is 0.480 e. The van der Waals surface area contributed by atoms with Crippen molar-refractivity contribution in [2.75, 3.05) is 0 Å². The quantitative estimate of drug-likeness (QED) is 0.144. The molecule has 0 aliphatic heterocycles. The van der Waals surface area contributed by atoms with Crippen LogP contribution >= 0.6 is 0 Å². The van der Waals surface area contributed by atoms with Gasteiger partial charge >= 0.3 is 5.97 Å². The Hall–Kier alpha value is -4.26. The van der Waals surface area contributed by atoms with Gasteiger partial charge in [-0.25, -0.2) is 9.78 Å². The molecular weight excluding hydrogens is 506 g/mol. The molecule has 13 nitrogen and oxygen atoms in total. The van der Waals surface area contributed by atoms with E-state index in [1.54, 1.807) is 30.3 Å². The SMILES string of the molecule is CC(C)CC(N)C(=O)NC(CCC(N)=O)C(=O)NC(Cc1cnc[nH]1)C(=O)NC(Cc1ccccc1)C(=O)O. The van der Waals surface area contributed by atoms with Gasteiger partial charge in [0.1, 0.15) is 18.1 Å². The predicted octanol–water partition coefficient (Wildman–Crippen LogP) is -0.627. The van der Waals surface area contributed by atoms with Gasteiger partial charge in [0.2, 0.25) is 23.6 Å². The second-order valence-electron chi connectivity index (χ2n) is 9.73. The number of carboxylic acid groups (broad SMARTS) is 1. The summed E-state index contributed by atoms with van der Waals surface area (Å²) in [6.07, 6.45) is 2.89. The van der Waals surface area contributed by atoms with E-state index < -0.39 is 53.8 Å². The highest BCUT2D eigenvalue weighted by Crippen LogP contribution is 2.08. The molecule has 2 rings (SSSR count). The number of hydrogen-bond acceptors (Lipinski definition) is 7. The lowest BCUT2D eigenvalue weighted by Crippen LogP contribution is -2.58. The second-order valence-corrected chi connectivity index (χ2v) is 9.73. The fourth-order valence-corrected chi connectivity index (χ4v) is 3.87. The molecule has 13 heteroatoms. The maximum atomic E-state index is 13.2. The van der Waals surface area contributed by atoms with Crippen LogP contribution in [0.3, 0.4) is 0 Å². The van der Waals surface area contributed by atoms with Crippen molar-refractivity contribution in [1.29, 1.82) is 0 Å². The summed E-state index contributed by atoms with van der Waals surface area (Å²) >= 11 is 0. The van der Waals surface area contributed by atoms with E-state index in [2.05, 4.69) is 25.9 Å². The van der Waals surface area contributed by atoms with Crippen molar-refractivity contribution in [3.63, 3.8) is 0 Å². The topological polar surface area (TPSA) is 222 Å². The smallest absolute Gasteiger partial charge is 0.326 e. The van der Waals surface area contributed by atoms with Crippen LogP contribution in [0, 0.1) is 5.92 Å². The Bertz CT molecular complexity index is 1110. The molecule has 4 unspecified atom stereocenters. The molecule has 0 fully saturated rings. The van der Waals surface area contributed by atoms with Gasteiger partial charge in [0.25, 0.3) is 0 Å². The summed E-state index contributed by atoms with van der Waals surface area (Å²) in [5.74, 6) is -3.88. The maximum absolute atomic E-state index is 13.2. The van der Waals surface area contributed by atoms with Crippen molar-refractivity contribution in [1.82, 2.24) is 25.9 Å². The van der Waals surface area contributed by atoms with E-state index in [9.17, 15) is 29.1 Å². The van der Waals surface area contributed by atoms with Crippen LogP contribution in [0.25, 0.3) is 0 Å². The lowest BCUT2D eigenvalue weighted by molar-refractivity contribution is -0.142. The van der Waals surface area contributed by atoms with Gasteiger partial charge in [-0.05, 0) is 24.3 Å². The molecule has 0 saturated carbocycles. The molecule has 1 aromatic heterocycles. The van der Waals surface area contributed by atoms with Crippen LogP contribution < -0.4 is 27.4 Å². The normalized spacial score (nSPS) is 14.1. The number of rotatable bonds is 16. The first-order valence-corrected chi connectivity index (χ1v) is 12.6. The molecule has 0 saturated heterocycles. The third-order valence-electron chi connectivity index (χ3n) is 5.88. The van der Waals surface area contributed by atoms with E-state index in [0.717, 1.165) is 0 Å². The van der Waals surface area contributed by atoms with Crippen molar-refractivity contribution in [3.8, 4) is 0 Å². The molecule has 39 heavy (non-hydrogen) atoms. The fourth-order valence-electron chi connectivity index (χ4n) is 3.87. The molecule has 4 atom stereocenters. The Labute approximate surface area is 226 Å². The monoisotopic (exact) mass is 543 g/mol. The highest BCUT2D eigenvalue weighted by atomic mass is 16.4. The number of amides is 4. The molecule has 0 spiro atoms. The third kappa shape index (κ3) is 10.9. The molecule has 9 N–H and O–H groups in total. The Morgan fingerprint density at radius 1 is 0.923 bits per heavy atom. The number of nitrogens with one attached hydrogen (secondary N) is 4. The molecule has 0 bridgehead atoms. The van der Waals surface area contributed by atoms with Crippen LogP contribution in [0.4, 0.5) is 0 Å². The first-order valence-electron chi connectivity index (χ1n) is 12.6. The second kappa shape index (κ2) is 15.2. The minimum absolute atomic E-state index is 0.0255. The molecule has 0 aliphatic carbocycles. The number of aromatic nitrogens is 2. The van der Waals surface area contributed by atoms with Gasteiger partial charge in [-0.1, -0.05) is 44.2 Å². The molecule has 2 aromatic rings.